The first kappa shape index (κ1) is 11.1. The molecule has 2 N–H and O–H groups in total. The molecular weight excluding hydrogens is 201 g/mol. The molecule has 1 aromatic carbocycles. The zero-order valence-electron chi connectivity index (χ0n) is 8.06. The van der Waals surface area contributed by atoms with Gasteiger partial charge < -0.3 is 5.73 Å². The van der Waals surface area contributed by atoms with Crippen LogP contribution in [-0.4, -0.2) is 5.88 Å². The Bertz CT molecular complexity index is 347. The third-order valence-corrected chi connectivity index (χ3v) is 2.24. The number of hydrogen-bond acceptors (Lipinski definition) is 1. The molecule has 0 amide bonds. The van der Waals surface area contributed by atoms with Crippen LogP contribution in [0.15, 0.2) is 18.2 Å². The van der Waals surface area contributed by atoms with E-state index in [1.54, 1.807) is 0 Å². The van der Waals surface area contributed by atoms with Crippen molar-refractivity contribution >= 4 is 23.4 Å². The number of nitrogens with two attached hydrogens (primary N) is 1. The van der Waals surface area contributed by atoms with Crippen LogP contribution in [-0.2, 0) is 0 Å². The van der Waals surface area contributed by atoms with Crippen LogP contribution in [0.3, 0.4) is 0 Å². The summed E-state index contributed by atoms with van der Waals surface area (Å²) in [5, 5.41) is 0. The third kappa shape index (κ3) is 2.74. The molecule has 1 rings (SSSR count). The fraction of sp³-hybridized carbons (Fsp3) is 0.273. The maximum Gasteiger partial charge on any atom is 0.125 e. The first-order valence-corrected chi connectivity index (χ1v) is 4.96. The molecule has 0 heterocycles. The second-order valence-corrected chi connectivity index (χ2v) is 3.47. The Morgan fingerprint density at radius 2 is 2.21 bits per heavy atom. The van der Waals surface area contributed by atoms with Gasteiger partial charge in [0.05, 0.1) is 0 Å². The highest BCUT2D eigenvalue weighted by atomic mass is 35.5. The van der Waals surface area contributed by atoms with E-state index in [4.69, 9.17) is 17.3 Å². The van der Waals surface area contributed by atoms with E-state index in [9.17, 15) is 4.39 Å². The summed E-state index contributed by atoms with van der Waals surface area (Å²) in [6.45, 7) is 1.87. The minimum absolute atomic E-state index is 0.307. The standard InChI is InChI=1S/C11H13ClFN/c1-8-9(4-2-3-5-12)6-10(13)7-11(8)14/h2,4,6-7H,3,5,14H2,1H3. The highest BCUT2D eigenvalue weighted by Gasteiger charge is 2.01. The number of halogens is 2. The third-order valence-electron chi connectivity index (χ3n) is 2.03. The van der Waals surface area contributed by atoms with Gasteiger partial charge >= 0.3 is 0 Å². The Morgan fingerprint density at radius 1 is 1.50 bits per heavy atom. The zero-order chi connectivity index (χ0) is 10.6. The van der Waals surface area contributed by atoms with Gasteiger partial charge in [0.25, 0.3) is 0 Å². The van der Waals surface area contributed by atoms with Crippen molar-refractivity contribution < 1.29 is 4.39 Å². The fourth-order valence-corrected chi connectivity index (χ4v) is 1.29. The van der Waals surface area contributed by atoms with Gasteiger partial charge in [-0.1, -0.05) is 12.2 Å². The lowest BCUT2D eigenvalue weighted by molar-refractivity contribution is 0.628. The van der Waals surface area contributed by atoms with Crippen molar-refractivity contribution in [2.75, 3.05) is 11.6 Å². The van der Waals surface area contributed by atoms with Crippen molar-refractivity contribution in [1.29, 1.82) is 0 Å². The zero-order valence-corrected chi connectivity index (χ0v) is 8.81. The lowest BCUT2D eigenvalue weighted by Crippen LogP contribution is -1.93. The number of nitrogen functional groups attached to an aromatic ring is 1. The summed E-state index contributed by atoms with van der Waals surface area (Å²) in [7, 11) is 0. The fourth-order valence-electron chi connectivity index (χ4n) is 1.17. The molecular formula is C11H13ClFN. The van der Waals surface area contributed by atoms with Gasteiger partial charge in [-0.05, 0) is 36.6 Å². The van der Waals surface area contributed by atoms with Crippen LogP contribution in [0.1, 0.15) is 17.5 Å². The molecule has 0 bridgehead atoms. The lowest BCUT2D eigenvalue weighted by atomic mass is 10.1. The molecule has 0 radical (unpaired) electrons. The van der Waals surface area contributed by atoms with E-state index >= 15 is 0 Å². The molecule has 3 heteroatoms. The smallest absolute Gasteiger partial charge is 0.125 e. The molecule has 0 saturated heterocycles. The van der Waals surface area contributed by atoms with Gasteiger partial charge in [-0.3, -0.25) is 0 Å². The number of hydrogen-bond donors (Lipinski definition) is 1. The predicted octanol–water partition coefficient (Wildman–Crippen LogP) is 3.36. The molecule has 0 aromatic heterocycles. The summed E-state index contributed by atoms with van der Waals surface area (Å²) in [5.41, 5.74) is 7.82. The average Bonchev–Trinajstić information content (AvgIpc) is 2.13. The highest BCUT2D eigenvalue weighted by molar-refractivity contribution is 6.17. The van der Waals surface area contributed by atoms with Gasteiger partial charge in [0.15, 0.2) is 0 Å². The SMILES string of the molecule is Cc1c(N)cc(F)cc1C=CCCCl. The summed E-state index contributed by atoms with van der Waals surface area (Å²) < 4.78 is 13.0. The van der Waals surface area contributed by atoms with E-state index in [0.717, 1.165) is 17.5 Å². The average molecular weight is 214 g/mol. The van der Waals surface area contributed by atoms with Crippen LogP contribution in [0.2, 0.25) is 0 Å². The van der Waals surface area contributed by atoms with Crippen LogP contribution < -0.4 is 5.73 Å². The number of allylic oxidation sites excluding steroid dienone is 1. The molecule has 0 fully saturated rings. The maximum absolute atomic E-state index is 13.0. The Balaban J connectivity index is 2.96. The van der Waals surface area contributed by atoms with E-state index in [2.05, 4.69) is 0 Å². The van der Waals surface area contributed by atoms with Gasteiger partial charge in [0, 0.05) is 11.6 Å². The minimum atomic E-state index is -0.307. The van der Waals surface area contributed by atoms with Crippen molar-refractivity contribution in [1.82, 2.24) is 0 Å². The quantitative estimate of drug-likeness (QED) is 0.605. The van der Waals surface area contributed by atoms with Gasteiger partial charge in [-0.25, -0.2) is 4.39 Å². The number of anilines is 1. The van der Waals surface area contributed by atoms with Crippen LogP contribution in [0.4, 0.5) is 10.1 Å². The molecule has 0 spiro atoms. The molecule has 14 heavy (non-hydrogen) atoms. The number of alkyl halides is 1. The Morgan fingerprint density at radius 3 is 2.86 bits per heavy atom. The second kappa shape index (κ2) is 5.01. The first-order valence-electron chi connectivity index (χ1n) is 4.43. The van der Waals surface area contributed by atoms with Crippen molar-refractivity contribution in [3.63, 3.8) is 0 Å². The van der Waals surface area contributed by atoms with Gasteiger partial charge in [-0.2, -0.15) is 0 Å². The van der Waals surface area contributed by atoms with E-state index < -0.39 is 0 Å². The van der Waals surface area contributed by atoms with Crippen molar-refractivity contribution in [2.24, 2.45) is 0 Å². The molecule has 0 unspecified atom stereocenters. The van der Waals surface area contributed by atoms with Crippen molar-refractivity contribution in [2.45, 2.75) is 13.3 Å². The molecule has 1 aromatic rings. The molecule has 0 saturated carbocycles. The van der Waals surface area contributed by atoms with Gasteiger partial charge in [0.2, 0.25) is 0 Å². The maximum atomic E-state index is 13.0. The summed E-state index contributed by atoms with van der Waals surface area (Å²) in [4.78, 5) is 0. The summed E-state index contributed by atoms with van der Waals surface area (Å²) in [5.74, 6) is 0.263. The topological polar surface area (TPSA) is 26.0 Å². The summed E-state index contributed by atoms with van der Waals surface area (Å²) in [6.07, 6.45) is 4.53. The Labute approximate surface area is 88.4 Å². The van der Waals surface area contributed by atoms with Crippen molar-refractivity contribution in [3.05, 3.63) is 35.2 Å². The molecule has 0 atom stereocenters. The van der Waals surface area contributed by atoms with Crippen molar-refractivity contribution in [3.8, 4) is 0 Å². The first-order chi connectivity index (χ1) is 6.65. The van der Waals surface area contributed by atoms with Crippen LogP contribution in [0.5, 0.6) is 0 Å². The van der Waals surface area contributed by atoms with Crippen LogP contribution >= 0.6 is 11.6 Å². The molecule has 0 aliphatic carbocycles. The number of rotatable bonds is 3. The van der Waals surface area contributed by atoms with E-state index in [-0.39, 0.29) is 5.82 Å². The summed E-state index contributed by atoms with van der Waals surface area (Å²) >= 11 is 5.52. The second-order valence-electron chi connectivity index (χ2n) is 3.09. The molecule has 0 aliphatic rings. The molecule has 1 nitrogen and oxygen atoms in total. The highest BCUT2D eigenvalue weighted by Crippen LogP contribution is 2.19. The summed E-state index contributed by atoms with van der Waals surface area (Å²) in [6, 6.07) is 2.80. The normalized spacial score (nSPS) is 11.1. The molecule has 0 aliphatic heterocycles. The monoisotopic (exact) mass is 213 g/mol. The number of benzene rings is 1. The predicted molar refractivity (Wildman–Crippen MR) is 59.9 cm³/mol. The van der Waals surface area contributed by atoms with Gasteiger partial charge in [-0.15, -0.1) is 11.6 Å². The Kier molecular flexibility index (Phi) is 3.96. The minimum Gasteiger partial charge on any atom is -0.398 e. The van der Waals surface area contributed by atoms with E-state index in [0.29, 0.717) is 11.6 Å². The lowest BCUT2D eigenvalue weighted by Gasteiger charge is -2.04. The Hall–Kier alpha value is -1.02. The van der Waals surface area contributed by atoms with Crippen LogP contribution in [0.25, 0.3) is 6.08 Å². The molecule has 76 valence electrons. The van der Waals surface area contributed by atoms with E-state index in [1.807, 2.05) is 19.1 Å². The van der Waals surface area contributed by atoms with Gasteiger partial charge in [0.1, 0.15) is 5.82 Å². The van der Waals surface area contributed by atoms with Crippen LogP contribution in [0, 0.1) is 12.7 Å². The van der Waals surface area contributed by atoms with E-state index in [1.165, 1.54) is 12.1 Å². The largest absolute Gasteiger partial charge is 0.398 e.